The first-order valence-corrected chi connectivity index (χ1v) is 10.9. The number of phenols is 1. The number of ketones is 1. The number of phenolic OH excluding ortho intramolecular Hbond substituents is 1. The topological polar surface area (TPSA) is 113 Å². The van der Waals surface area contributed by atoms with Crippen LogP contribution in [-0.2, 0) is 9.53 Å². The first kappa shape index (κ1) is 24.5. The Kier molecular flexibility index (Phi) is 8.03. The molecule has 3 rings (SSSR count). The summed E-state index contributed by atoms with van der Waals surface area (Å²) in [5.74, 6) is -1.11. The highest BCUT2D eigenvalue weighted by molar-refractivity contribution is 5.95. The van der Waals surface area contributed by atoms with E-state index in [1.54, 1.807) is 48.5 Å². The van der Waals surface area contributed by atoms with Gasteiger partial charge in [-0.15, -0.1) is 0 Å². The number of ether oxygens (including phenoxy) is 1. The van der Waals surface area contributed by atoms with Crippen LogP contribution in [0.25, 0.3) is 10.8 Å². The normalized spacial score (nSPS) is 12.9. The summed E-state index contributed by atoms with van der Waals surface area (Å²) in [6.07, 6.45) is 2.42. The number of benzene rings is 3. The molecular weight excluding hydrogens is 434 g/mol. The Morgan fingerprint density at radius 1 is 1.00 bits per heavy atom. The molecule has 0 saturated carbocycles. The van der Waals surface area contributed by atoms with Gasteiger partial charge in [-0.05, 0) is 61.4 Å². The molecule has 2 atom stereocenters. The number of hydrogen-bond donors (Lipinski definition) is 3. The van der Waals surface area contributed by atoms with Crippen molar-refractivity contribution in [3.63, 3.8) is 0 Å². The van der Waals surface area contributed by atoms with Crippen LogP contribution < -0.4 is 5.32 Å². The number of carboxylic acid groups (broad SMARTS) is 1. The van der Waals surface area contributed by atoms with Gasteiger partial charge in [0.05, 0.1) is 0 Å². The highest BCUT2D eigenvalue weighted by Crippen LogP contribution is 2.37. The van der Waals surface area contributed by atoms with Crippen molar-refractivity contribution in [2.24, 2.45) is 5.92 Å². The molecule has 0 unspecified atom stereocenters. The Morgan fingerprint density at radius 2 is 1.68 bits per heavy atom. The molecule has 0 aliphatic heterocycles. The molecule has 3 N–H and O–H groups in total. The molecular formula is C27H27NO6. The highest BCUT2D eigenvalue weighted by atomic mass is 16.6. The Balaban J connectivity index is 1.86. The number of carbonyl (C=O) groups is 3. The lowest BCUT2D eigenvalue weighted by molar-refractivity contribution is -0.131. The van der Waals surface area contributed by atoms with Crippen LogP contribution >= 0.6 is 0 Å². The predicted molar refractivity (Wildman–Crippen MR) is 130 cm³/mol. The summed E-state index contributed by atoms with van der Waals surface area (Å²) in [7, 11) is 0. The molecule has 176 valence electrons. The minimum atomic E-state index is -1.01. The van der Waals surface area contributed by atoms with Crippen LogP contribution in [0.4, 0.5) is 10.5 Å². The van der Waals surface area contributed by atoms with Crippen molar-refractivity contribution in [3.8, 4) is 5.75 Å². The van der Waals surface area contributed by atoms with Crippen LogP contribution in [0, 0.1) is 5.92 Å². The highest BCUT2D eigenvalue weighted by Gasteiger charge is 2.26. The predicted octanol–water partition coefficient (Wildman–Crippen LogP) is 6.09. The SMILES string of the molecule is CC(=O)c1ccc(NC(=O)O[C@H](c2ccc(O)c3ccccc23)[C@@H](C)CC/C=C/C(=O)O)cc1. The summed E-state index contributed by atoms with van der Waals surface area (Å²) in [4.78, 5) is 35.0. The third kappa shape index (κ3) is 6.22. The number of fused-ring (bicyclic) bond motifs is 1. The third-order valence-corrected chi connectivity index (χ3v) is 5.58. The maximum atomic E-state index is 12.8. The van der Waals surface area contributed by atoms with Crippen LogP contribution in [0.5, 0.6) is 5.75 Å². The van der Waals surface area contributed by atoms with Crippen LogP contribution in [0.3, 0.4) is 0 Å². The number of rotatable bonds is 9. The molecule has 0 aliphatic rings. The zero-order valence-corrected chi connectivity index (χ0v) is 19.0. The molecule has 0 fully saturated rings. The quantitative estimate of drug-likeness (QED) is 0.262. The molecule has 34 heavy (non-hydrogen) atoms. The number of amides is 1. The van der Waals surface area contributed by atoms with E-state index in [9.17, 15) is 19.5 Å². The average Bonchev–Trinajstić information content (AvgIpc) is 2.81. The van der Waals surface area contributed by atoms with Gasteiger partial charge in [0.2, 0.25) is 0 Å². The van der Waals surface area contributed by atoms with Gasteiger partial charge in [-0.2, -0.15) is 0 Å². The minimum Gasteiger partial charge on any atom is -0.507 e. The van der Waals surface area contributed by atoms with E-state index in [0.717, 1.165) is 17.0 Å². The molecule has 3 aromatic rings. The van der Waals surface area contributed by atoms with Gasteiger partial charge >= 0.3 is 12.1 Å². The van der Waals surface area contributed by atoms with Gasteiger partial charge in [0, 0.05) is 28.3 Å². The number of hydrogen-bond acceptors (Lipinski definition) is 5. The molecule has 3 aromatic carbocycles. The van der Waals surface area contributed by atoms with Crippen molar-refractivity contribution >= 4 is 34.3 Å². The van der Waals surface area contributed by atoms with E-state index < -0.39 is 18.2 Å². The number of anilines is 1. The minimum absolute atomic E-state index is 0.0702. The van der Waals surface area contributed by atoms with Gasteiger partial charge < -0.3 is 14.9 Å². The molecule has 0 radical (unpaired) electrons. The smallest absolute Gasteiger partial charge is 0.412 e. The molecule has 1 amide bonds. The Bertz CT molecular complexity index is 1220. The van der Waals surface area contributed by atoms with Crippen LogP contribution in [-0.4, -0.2) is 28.1 Å². The molecule has 7 nitrogen and oxygen atoms in total. The van der Waals surface area contributed by atoms with Gasteiger partial charge in [-0.25, -0.2) is 9.59 Å². The molecule has 0 spiro atoms. The molecule has 0 aromatic heterocycles. The van der Waals surface area contributed by atoms with Gasteiger partial charge in [0.15, 0.2) is 5.78 Å². The number of aromatic hydroxyl groups is 1. The van der Waals surface area contributed by atoms with E-state index in [1.807, 2.05) is 25.1 Å². The zero-order valence-electron chi connectivity index (χ0n) is 19.0. The molecule has 0 heterocycles. The number of carbonyl (C=O) groups excluding carboxylic acids is 2. The van der Waals surface area contributed by atoms with Crippen LogP contribution in [0.1, 0.15) is 48.7 Å². The van der Waals surface area contributed by atoms with Crippen molar-refractivity contribution in [3.05, 3.63) is 83.9 Å². The number of nitrogens with one attached hydrogen (secondary N) is 1. The van der Waals surface area contributed by atoms with Crippen LogP contribution in [0.15, 0.2) is 72.8 Å². The largest absolute Gasteiger partial charge is 0.507 e. The van der Waals surface area contributed by atoms with Gasteiger partial charge in [-0.3, -0.25) is 10.1 Å². The lowest BCUT2D eigenvalue weighted by atomic mass is 9.89. The van der Waals surface area contributed by atoms with Gasteiger partial charge in [0.25, 0.3) is 0 Å². The summed E-state index contributed by atoms with van der Waals surface area (Å²) in [5.41, 5.74) is 1.77. The van der Waals surface area contributed by atoms with E-state index in [1.165, 1.54) is 6.92 Å². The maximum absolute atomic E-state index is 12.8. The number of aliphatic carboxylic acids is 1. The first-order valence-electron chi connectivity index (χ1n) is 10.9. The second-order valence-electron chi connectivity index (χ2n) is 8.10. The molecule has 7 heteroatoms. The van der Waals surface area contributed by atoms with E-state index in [-0.39, 0.29) is 17.5 Å². The Labute approximate surface area is 197 Å². The van der Waals surface area contributed by atoms with Crippen molar-refractivity contribution in [2.45, 2.75) is 32.8 Å². The van der Waals surface area contributed by atoms with Gasteiger partial charge in [0.1, 0.15) is 11.9 Å². The Morgan fingerprint density at radius 3 is 2.32 bits per heavy atom. The van der Waals surface area contributed by atoms with Crippen molar-refractivity contribution in [1.82, 2.24) is 0 Å². The maximum Gasteiger partial charge on any atom is 0.412 e. The number of Topliss-reactive ketones (excluding diaryl/α,β-unsaturated/α-hetero) is 1. The fraction of sp³-hybridized carbons (Fsp3) is 0.222. The monoisotopic (exact) mass is 461 g/mol. The molecule has 0 bridgehead atoms. The second-order valence-corrected chi connectivity index (χ2v) is 8.10. The van der Waals surface area contributed by atoms with Crippen LogP contribution in [0.2, 0.25) is 0 Å². The Hall–Kier alpha value is -4.13. The summed E-state index contributed by atoms with van der Waals surface area (Å²) < 4.78 is 5.87. The van der Waals surface area contributed by atoms with E-state index in [4.69, 9.17) is 9.84 Å². The summed E-state index contributed by atoms with van der Waals surface area (Å²) in [6, 6.07) is 17.1. The summed E-state index contributed by atoms with van der Waals surface area (Å²) in [6.45, 7) is 3.39. The summed E-state index contributed by atoms with van der Waals surface area (Å²) >= 11 is 0. The number of carboxylic acids is 1. The van der Waals surface area contributed by atoms with E-state index >= 15 is 0 Å². The molecule has 0 saturated heterocycles. The fourth-order valence-electron chi connectivity index (χ4n) is 3.79. The van der Waals surface area contributed by atoms with Gasteiger partial charge in [-0.1, -0.05) is 43.3 Å². The van der Waals surface area contributed by atoms with Crippen molar-refractivity contribution in [1.29, 1.82) is 0 Å². The third-order valence-electron chi connectivity index (χ3n) is 5.58. The van der Waals surface area contributed by atoms with Crippen molar-refractivity contribution in [2.75, 3.05) is 5.32 Å². The standard InChI is InChI=1S/C27H27NO6/c1-17(7-3-6-10-25(31)32)26(23-15-16-24(30)22-9-5-4-8-21(22)23)34-27(33)28-20-13-11-19(12-14-20)18(2)29/h4-6,8-17,26,30H,3,7H2,1-2H3,(H,28,33)(H,31,32)/b10-6+/t17-,26-/m0/s1. The fourth-order valence-corrected chi connectivity index (χ4v) is 3.79. The lowest BCUT2D eigenvalue weighted by Crippen LogP contribution is -2.22. The van der Waals surface area contributed by atoms with E-state index in [0.29, 0.717) is 29.5 Å². The second kappa shape index (κ2) is 11.1. The summed E-state index contributed by atoms with van der Waals surface area (Å²) in [5, 5.41) is 23.2. The average molecular weight is 462 g/mol. The molecule has 0 aliphatic carbocycles. The van der Waals surface area contributed by atoms with E-state index in [2.05, 4.69) is 5.32 Å². The first-order chi connectivity index (χ1) is 16.3. The van der Waals surface area contributed by atoms with Crippen molar-refractivity contribution < 1.29 is 29.3 Å². The number of allylic oxidation sites excluding steroid dienone is 1. The lowest BCUT2D eigenvalue weighted by Gasteiger charge is -2.26. The zero-order chi connectivity index (χ0) is 24.7.